The topological polar surface area (TPSA) is 94.1 Å². The number of carbonyl (C=O) groups is 2. The molecule has 0 aliphatic carbocycles. The fourth-order valence-corrected chi connectivity index (χ4v) is 2.79. The molecule has 0 saturated heterocycles. The van der Waals surface area contributed by atoms with Crippen molar-refractivity contribution in [2.75, 3.05) is 13.6 Å². The second kappa shape index (κ2) is 7.37. The predicted octanol–water partition coefficient (Wildman–Crippen LogP) is 1.74. The molecule has 1 atom stereocenters. The molecule has 0 aromatic carbocycles. The molecule has 2 heterocycles. The fourth-order valence-electron chi connectivity index (χ4n) is 2.79. The number of hydrogen-bond acceptors (Lipinski definition) is 6. The van der Waals surface area contributed by atoms with E-state index in [0.717, 1.165) is 5.69 Å². The summed E-state index contributed by atoms with van der Waals surface area (Å²) in [4.78, 5) is 29.7. The van der Waals surface area contributed by atoms with Crippen LogP contribution in [0.25, 0.3) is 0 Å². The molecule has 1 amide bonds. The molecule has 1 unspecified atom stereocenters. The Hall–Kier alpha value is -2.51. The zero-order valence-corrected chi connectivity index (χ0v) is 14.7. The van der Waals surface area contributed by atoms with Gasteiger partial charge in [0.2, 0.25) is 12.3 Å². The molecule has 8 nitrogen and oxygen atoms in total. The van der Waals surface area contributed by atoms with E-state index in [9.17, 15) is 9.59 Å². The quantitative estimate of drug-likeness (QED) is 0.716. The van der Waals surface area contributed by atoms with Gasteiger partial charge in [0.05, 0.1) is 17.3 Å². The standard InChI is InChI=1S/C16H23N5O3/c1-10(21-12(3)16(13(4)22)11(2)18-21)8-15(23)20(5)7-6-14-17-9-24-19-14/h9-10H,6-8H2,1-5H3. The first kappa shape index (κ1) is 17.8. The number of hydrogen-bond donors (Lipinski definition) is 0. The fraction of sp³-hybridized carbons (Fsp3) is 0.562. The van der Waals surface area contributed by atoms with Gasteiger partial charge < -0.3 is 9.42 Å². The number of likely N-dealkylation sites (N-methyl/N-ethyl adjacent to an activating group) is 1. The van der Waals surface area contributed by atoms with E-state index in [1.165, 1.54) is 13.3 Å². The molecule has 0 aliphatic heterocycles. The van der Waals surface area contributed by atoms with Gasteiger partial charge in [0.15, 0.2) is 11.6 Å². The van der Waals surface area contributed by atoms with Crippen LogP contribution in [0.5, 0.6) is 0 Å². The summed E-state index contributed by atoms with van der Waals surface area (Å²) >= 11 is 0. The first-order valence-electron chi connectivity index (χ1n) is 7.87. The monoisotopic (exact) mass is 333 g/mol. The minimum atomic E-state index is -0.128. The molecule has 0 N–H and O–H groups in total. The van der Waals surface area contributed by atoms with Crippen LogP contribution in [0, 0.1) is 13.8 Å². The van der Waals surface area contributed by atoms with Crippen LogP contribution in [0.1, 0.15) is 53.9 Å². The number of aryl methyl sites for hydroxylation is 1. The van der Waals surface area contributed by atoms with Crippen molar-refractivity contribution in [3.05, 3.63) is 29.2 Å². The predicted molar refractivity (Wildman–Crippen MR) is 86.7 cm³/mol. The Balaban J connectivity index is 1.98. The van der Waals surface area contributed by atoms with E-state index in [4.69, 9.17) is 0 Å². The molecule has 0 radical (unpaired) electrons. The highest BCUT2D eigenvalue weighted by Crippen LogP contribution is 2.20. The van der Waals surface area contributed by atoms with Crippen LogP contribution in [0.4, 0.5) is 0 Å². The van der Waals surface area contributed by atoms with Crippen LogP contribution < -0.4 is 0 Å². The van der Waals surface area contributed by atoms with E-state index in [1.807, 2.05) is 20.8 Å². The molecule has 0 saturated carbocycles. The van der Waals surface area contributed by atoms with E-state index in [-0.39, 0.29) is 17.7 Å². The number of nitrogens with zero attached hydrogens (tertiary/aromatic N) is 5. The van der Waals surface area contributed by atoms with Gasteiger partial charge in [-0.3, -0.25) is 14.3 Å². The third kappa shape index (κ3) is 3.87. The first-order valence-corrected chi connectivity index (χ1v) is 7.87. The number of carbonyl (C=O) groups excluding carboxylic acids is 2. The van der Waals surface area contributed by atoms with Crippen LogP contribution in [0.15, 0.2) is 10.9 Å². The third-order valence-corrected chi connectivity index (χ3v) is 4.07. The minimum absolute atomic E-state index is 0.00271. The van der Waals surface area contributed by atoms with Gasteiger partial charge >= 0.3 is 0 Å². The highest BCUT2D eigenvalue weighted by molar-refractivity contribution is 5.96. The highest BCUT2D eigenvalue weighted by Gasteiger charge is 2.21. The van der Waals surface area contributed by atoms with Crippen molar-refractivity contribution in [1.29, 1.82) is 0 Å². The Morgan fingerprint density at radius 2 is 2.08 bits per heavy atom. The van der Waals surface area contributed by atoms with Crippen molar-refractivity contribution in [2.45, 2.75) is 46.6 Å². The van der Waals surface area contributed by atoms with Gasteiger partial charge in [0, 0.05) is 32.1 Å². The van der Waals surface area contributed by atoms with Crippen molar-refractivity contribution in [3.8, 4) is 0 Å². The van der Waals surface area contributed by atoms with Crippen molar-refractivity contribution >= 4 is 11.7 Å². The Labute approximate surface area is 140 Å². The summed E-state index contributed by atoms with van der Waals surface area (Å²) in [5, 5.41) is 8.15. The van der Waals surface area contributed by atoms with Crippen LogP contribution in [0.3, 0.4) is 0 Å². The molecule has 0 spiro atoms. The lowest BCUT2D eigenvalue weighted by Gasteiger charge is -2.20. The molecular formula is C16H23N5O3. The molecule has 2 aromatic heterocycles. The zero-order chi connectivity index (χ0) is 17.9. The van der Waals surface area contributed by atoms with Gasteiger partial charge in [0.1, 0.15) is 0 Å². The summed E-state index contributed by atoms with van der Waals surface area (Å²) in [6.07, 6.45) is 2.12. The molecule has 2 aromatic rings. The van der Waals surface area contributed by atoms with E-state index in [0.29, 0.717) is 36.5 Å². The van der Waals surface area contributed by atoms with E-state index in [1.54, 1.807) is 16.6 Å². The summed E-state index contributed by atoms with van der Waals surface area (Å²) in [6.45, 7) is 7.64. The largest absolute Gasteiger partial charge is 0.345 e. The van der Waals surface area contributed by atoms with Gasteiger partial charge in [-0.2, -0.15) is 10.1 Å². The molecule has 0 bridgehead atoms. The van der Waals surface area contributed by atoms with E-state index < -0.39 is 0 Å². The summed E-state index contributed by atoms with van der Waals surface area (Å²) < 4.78 is 6.43. The lowest BCUT2D eigenvalue weighted by atomic mass is 10.1. The van der Waals surface area contributed by atoms with Gasteiger partial charge in [-0.05, 0) is 27.7 Å². The van der Waals surface area contributed by atoms with Crippen molar-refractivity contribution < 1.29 is 14.1 Å². The van der Waals surface area contributed by atoms with Crippen LogP contribution in [-0.2, 0) is 11.2 Å². The smallest absolute Gasteiger partial charge is 0.224 e. The van der Waals surface area contributed by atoms with Gasteiger partial charge in [0.25, 0.3) is 0 Å². The number of rotatable bonds is 7. The third-order valence-electron chi connectivity index (χ3n) is 4.07. The number of aromatic nitrogens is 4. The Bertz CT molecular complexity index is 720. The Morgan fingerprint density at radius 3 is 2.62 bits per heavy atom. The number of Topliss-reactive ketones (excluding diaryl/α,β-unsaturated/α-hetero) is 1. The molecule has 24 heavy (non-hydrogen) atoms. The average Bonchev–Trinajstić information content (AvgIpc) is 3.12. The number of ketones is 1. The molecular weight excluding hydrogens is 310 g/mol. The maximum atomic E-state index is 12.4. The van der Waals surface area contributed by atoms with Crippen LogP contribution in [0.2, 0.25) is 0 Å². The highest BCUT2D eigenvalue weighted by atomic mass is 16.5. The maximum absolute atomic E-state index is 12.4. The van der Waals surface area contributed by atoms with Crippen LogP contribution >= 0.6 is 0 Å². The summed E-state index contributed by atoms with van der Waals surface area (Å²) in [5.41, 5.74) is 2.14. The first-order chi connectivity index (χ1) is 11.3. The molecule has 8 heteroatoms. The zero-order valence-electron chi connectivity index (χ0n) is 14.7. The van der Waals surface area contributed by atoms with Crippen molar-refractivity contribution in [2.24, 2.45) is 0 Å². The second-order valence-corrected chi connectivity index (χ2v) is 6.01. The SMILES string of the molecule is CC(=O)c1c(C)nn(C(C)CC(=O)N(C)CCc2ncon2)c1C. The molecule has 130 valence electrons. The lowest BCUT2D eigenvalue weighted by molar-refractivity contribution is -0.130. The summed E-state index contributed by atoms with van der Waals surface area (Å²) in [7, 11) is 1.75. The lowest BCUT2D eigenvalue weighted by Crippen LogP contribution is -2.31. The van der Waals surface area contributed by atoms with E-state index in [2.05, 4.69) is 19.8 Å². The normalized spacial score (nSPS) is 12.2. The van der Waals surface area contributed by atoms with Crippen molar-refractivity contribution in [3.63, 3.8) is 0 Å². The molecule has 2 rings (SSSR count). The Morgan fingerprint density at radius 1 is 1.38 bits per heavy atom. The molecule has 0 fully saturated rings. The maximum Gasteiger partial charge on any atom is 0.224 e. The van der Waals surface area contributed by atoms with Crippen molar-refractivity contribution in [1.82, 2.24) is 24.8 Å². The average molecular weight is 333 g/mol. The number of amides is 1. The summed E-state index contributed by atoms with van der Waals surface area (Å²) in [6, 6.07) is -0.128. The van der Waals surface area contributed by atoms with Gasteiger partial charge in [-0.15, -0.1) is 0 Å². The molecule has 0 aliphatic rings. The van der Waals surface area contributed by atoms with Crippen LogP contribution in [-0.4, -0.2) is 50.1 Å². The van der Waals surface area contributed by atoms with Gasteiger partial charge in [-0.25, -0.2) is 0 Å². The summed E-state index contributed by atoms with van der Waals surface area (Å²) in [5.74, 6) is 0.572. The van der Waals surface area contributed by atoms with E-state index >= 15 is 0 Å². The second-order valence-electron chi connectivity index (χ2n) is 6.01. The Kier molecular flexibility index (Phi) is 5.48. The minimum Gasteiger partial charge on any atom is -0.345 e. The van der Waals surface area contributed by atoms with Gasteiger partial charge in [-0.1, -0.05) is 5.16 Å².